The lowest BCUT2D eigenvalue weighted by molar-refractivity contribution is -0.144. The second kappa shape index (κ2) is 9.84. The summed E-state index contributed by atoms with van der Waals surface area (Å²) in [6.07, 6.45) is 2.26. The molecule has 0 radical (unpaired) electrons. The Balaban J connectivity index is 1.54. The fourth-order valence-corrected chi connectivity index (χ4v) is 3.12. The van der Waals surface area contributed by atoms with Crippen LogP contribution in [-0.4, -0.2) is 27.9 Å². The topological polar surface area (TPSA) is 85.7 Å². The number of ether oxygens (including phenoxy) is 2. The van der Waals surface area contributed by atoms with Crippen molar-refractivity contribution in [3.63, 3.8) is 0 Å². The first-order valence-corrected chi connectivity index (χ1v) is 10.1. The summed E-state index contributed by atoms with van der Waals surface area (Å²) in [7, 11) is 0. The second-order valence-electron chi connectivity index (χ2n) is 6.54. The van der Waals surface area contributed by atoms with E-state index in [9.17, 15) is 9.59 Å². The van der Waals surface area contributed by atoms with Crippen LogP contribution in [0.25, 0.3) is 6.08 Å². The Morgan fingerprint density at radius 3 is 2.37 bits per heavy atom. The molecule has 0 aliphatic rings. The summed E-state index contributed by atoms with van der Waals surface area (Å²) >= 11 is 1.59. The largest absolute Gasteiger partial charge is 0.487 e. The molecule has 0 saturated carbocycles. The number of carbonyl (C=O) groups is 2. The van der Waals surface area contributed by atoms with E-state index in [0.717, 1.165) is 22.0 Å². The monoisotopic (exact) mass is 423 g/mol. The first-order chi connectivity index (χ1) is 14.4. The van der Waals surface area contributed by atoms with Gasteiger partial charge in [0, 0.05) is 10.9 Å². The van der Waals surface area contributed by atoms with E-state index in [4.69, 9.17) is 14.6 Å². The van der Waals surface area contributed by atoms with E-state index >= 15 is 0 Å². The number of nitrogens with zero attached hydrogens (tertiary/aromatic N) is 1. The summed E-state index contributed by atoms with van der Waals surface area (Å²) in [5.41, 5.74) is 2.26. The molecule has 1 heterocycles. The van der Waals surface area contributed by atoms with E-state index in [-0.39, 0.29) is 5.78 Å². The number of aromatic nitrogens is 1. The standard InChI is InChI=1S/C23H21NO5S/c1-15(23(26)27)29-21-10-6-18(7-11-21)22(25)12-5-17-3-8-20(9-4-17)28-13-19-14-30-16(2)24-19/h3-12,14-15H,13H2,1-2H3,(H,26,27)/b12-5+/t15-/m0/s1. The number of ketones is 1. The van der Waals surface area contributed by atoms with Crippen molar-refractivity contribution in [2.24, 2.45) is 0 Å². The minimum Gasteiger partial charge on any atom is -0.487 e. The van der Waals surface area contributed by atoms with Gasteiger partial charge in [-0.2, -0.15) is 0 Å². The molecule has 1 N–H and O–H groups in total. The summed E-state index contributed by atoms with van der Waals surface area (Å²) in [6.45, 7) is 3.82. The SMILES string of the molecule is Cc1nc(COc2ccc(/C=C/C(=O)c3ccc(O[C@@H](C)C(=O)O)cc3)cc2)cs1. The van der Waals surface area contributed by atoms with E-state index in [0.29, 0.717) is 17.9 Å². The lowest BCUT2D eigenvalue weighted by Gasteiger charge is -2.10. The number of aryl methyl sites for hydroxylation is 1. The maximum absolute atomic E-state index is 12.3. The maximum atomic E-state index is 12.3. The third-order valence-corrected chi connectivity index (χ3v) is 4.98. The Morgan fingerprint density at radius 1 is 1.10 bits per heavy atom. The summed E-state index contributed by atoms with van der Waals surface area (Å²) in [5.74, 6) is -0.0797. The van der Waals surface area contributed by atoms with Crippen molar-refractivity contribution in [2.75, 3.05) is 0 Å². The average molecular weight is 423 g/mol. The number of thiazole rings is 1. The van der Waals surface area contributed by atoms with Gasteiger partial charge < -0.3 is 14.6 Å². The molecule has 7 heteroatoms. The number of allylic oxidation sites excluding steroid dienone is 1. The molecule has 0 spiro atoms. The van der Waals surface area contributed by atoms with Crippen molar-refractivity contribution in [3.8, 4) is 11.5 Å². The molecule has 154 valence electrons. The Morgan fingerprint density at radius 2 is 1.77 bits per heavy atom. The van der Waals surface area contributed by atoms with Crippen LogP contribution in [0.1, 0.15) is 33.5 Å². The Labute approximate surface area is 178 Å². The van der Waals surface area contributed by atoms with E-state index < -0.39 is 12.1 Å². The molecule has 0 amide bonds. The molecule has 3 rings (SSSR count). The summed E-state index contributed by atoms with van der Waals surface area (Å²) in [5, 5.41) is 11.9. The molecule has 2 aromatic carbocycles. The Bertz CT molecular complexity index is 1040. The zero-order chi connectivity index (χ0) is 21.5. The molecule has 0 aliphatic heterocycles. The number of benzene rings is 2. The highest BCUT2D eigenvalue weighted by Gasteiger charge is 2.12. The van der Waals surface area contributed by atoms with Crippen molar-refractivity contribution in [1.29, 1.82) is 0 Å². The van der Waals surface area contributed by atoms with Crippen LogP contribution in [0.5, 0.6) is 11.5 Å². The summed E-state index contributed by atoms with van der Waals surface area (Å²) in [4.78, 5) is 27.5. The molecule has 0 saturated heterocycles. The molecular weight excluding hydrogens is 402 g/mol. The number of hydrogen-bond acceptors (Lipinski definition) is 6. The molecule has 3 aromatic rings. The number of carbonyl (C=O) groups excluding carboxylic acids is 1. The molecule has 6 nitrogen and oxygen atoms in total. The number of rotatable bonds is 9. The smallest absolute Gasteiger partial charge is 0.344 e. The second-order valence-corrected chi connectivity index (χ2v) is 7.60. The van der Waals surface area contributed by atoms with Crippen LogP contribution < -0.4 is 9.47 Å². The highest BCUT2D eigenvalue weighted by Crippen LogP contribution is 2.18. The van der Waals surface area contributed by atoms with Crippen molar-refractivity contribution < 1.29 is 24.2 Å². The van der Waals surface area contributed by atoms with E-state index in [1.54, 1.807) is 41.7 Å². The van der Waals surface area contributed by atoms with Gasteiger partial charge in [0.1, 0.15) is 18.1 Å². The average Bonchev–Trinajstić information content (AvgIpc) is 3.17. The molecule has 1 atom stereocenters. The highest BCUT2D eigenvalue weighted by atomic mass is 32.1. The van der Waals surface area contributed by atoms with Gasteiger partial charge in [0.05, 0.1) is 10.7 Å². The summed E-state index contributed by atoms with van der Waals surface area (Å²) in [6, 6.07) is 13.8. The van der Waals surface area contributed by atoms with E-state index in [2.05, 4.69) is 4.98 Å². The zero-order valence-corrected chi connectivity index (χ0v) is 17.4. The van der Waals surface area contributed by atoms with Gasteiger partial charge in [-0.15, -0.1) is 11.3 Å². The fraction of sp³-hybridized carbons (Fsp3) is 0.174. The number of aliphatic carboxylic acids is 1. The predicted molar refractivity (Wildman–Crippen MR) is 115 cm³/mol. The third-order valence-electron chi connectivity index (χ3n) is 4.16. The third kappa shape index (κ3) is 6.02. The molecular formula is C23H21NO5S. The van der Waals surface area contributed by atoms with Gasteiger partial charge in [0.15, 0.2) is 11.9 Å². The molecule has 0 unspecified atom stereocenters. The summed E-state index contributed by atoms with van der Waals surface area (Å²) < 4.78 is 11.0. The normalized spacial score (nSPS) is 11.9. The van der Waals surface area contributed by atoms with Gasteiger partial charge in [0.25, 0.3) is 0 Å². The van der Waals surface area contributed by atoms with Crippen molar-refractivity contribution in [2.45, 2.75) is 26.6 Å². The van der Waals surface area contributed by atoms with Gasteiger partial charge in [0.2, 0.25) is 0 Å². The minimum atomic E-state index is -1.05. The predicted octanol–water partition coefficient (Wildman–Crippen LogP) is 4.78. The van der Waals surface area contributed by atoms with E-state index in [1.165, 1.54) is 13.0 Å². The first kappa shape index (κ1) is 21.3. The van der Waals surface area contributed by atoms with Gasteiger partial charge in [-0.3, -0.25) is 4.79 Å². The molecule has 1 aromatic heterocycles. The van der Waals surface area contributed by atoms with Crippen LogP contribution in [0.2, 0.25) is 0 Å². The van der Waals surface area contributed by atoms with Crippen molar-refractivity contribution in [1.82, 2.24) is 4.98 Å². The van der Waals surface area contributed by atoms with Gasteiger partial charge in [-0.25, -0.2) is 9.78 Å². The van der Waals surface area contributed by atoms with Crippen LogP contribution >= 0.6 is 11.3 Å². The highest BCUT2D eigenvalue weighted by molar-refractivity contribution is 7.09. The fourth-order valence-electron chi connectivity index (χ4n) is 2.53. The Kier molecular flexibility index (Phi) is 6.98. The van der Waals surface area contributed by atoms with E-state index in [1.807, 2.05) is 36.6 Å². The van der Waals surface area contributed by atoms with Crippen LogP contribution in [0.15, 0.2) is 60.0 Å². The molecule has 0 aliphatic carbocycles. The van der Waals surface area contributed by atoms with Crippen molar-refractivity contribution >= 4 is 29.2 Å². The van der Waals surface area contributed by atoms with Crippen LogP contribution in [0.3, 0.4) is 0 Å². The lowest BCUT2D eigenvalue weighted by Crippen LogP contribution is -2.22. The quantitative estimate of drug-likeness (QED) is 0.394. The molecule has 0 fully saturated rings. The van der Waals surface area contributed by atoms with Crippen LogP contribution in [0, 0.1) is 6.92 Å². The minimum absolute atomic E-state index is 0.160. The number of hydrogen-bond donors (Lipinski definition) is 1. The maximum Gasteiger partial charge on any atom is 0.344 e. The lowest BCUT2D eigenvalue weighted by atomic mass is 10.1. The Hall–Kier alpha value is -3.45. The zero-order valence-electron chi connectivity index (χ0n) is 16.6. The number of carboxylic acid groups (broad SMARTS) is 1. The van der Waals surface area contributed by atoms with Gasteiger partial charge in [-0.05, 0) is 61.9 Å². The van der Waals surface area contributed by atoms with Crippen LogP contribution in [-0.2, 0) is 11.4 Å². The van der Waals surface area contributed by atoms with Gasteiger partial charge in [-0.1, -0.05) is 18.2 Å². The van der Waals surface area contributed by atoms with Crippen LogP contribution in [0.4, 0.5) is 0 Å². The first-order valence-electron chi connectivity index (χ1n) is 9.26. The van der Waals surface area contributed by atoms with Crippen molar-refractivity contribution in [3.05, 3.63) is 81.8 Å². The molecule has 0 bridgehead atoms. The van der Waals surface area contributed by atoms with Gasteiger partial charge >= 0.3 is 5.97 Å². The number of carboxylic acids is 1. The molecule has 30 heavy (non-hydrogen) atoms.